The lowest BCUT2D eigenvalue weighted by molar-refractivity contribution is -0.133. The Morgan fingerprint density at radius 1 is 1.36 bits per heavy atom. The van der Waals surface area contributed by atoms with Gasteiger partial charge in [-0.25, -0.2) is 5.84 Å². The maximum atomic E-state index is 11.7. The third-order valence-corrected chi connectivity index (χ3v) is 3.52. The number of rotatable bonds is 9. The van der Waals surface area contributed by atoms with E-state index in [4.69, 9.17) is 22.2 Å². The van der Waals surface area contributed by atoms with E-state index in [-0.39, 0.29) is 5.91 Å². The molecule has 0 saturated heterocycles. The molecule has 0 aliphatic carbocycles. The predicted octanol–water partition coefficient (Wildman–Crippen LogP) is 3.25. The highest BCUT2D eigenvalue weighted by Gasteiger charge is 2.18. The number of carbonyl (C=O) groups excluding carboxylic acids is 1. The average Bonchev–Trinajstić information content (AvgIpc) is 2.52. The van der Waals surface area contributed by atoms with Crippen molar-refractivity contribution in [2.24, 2.45) is 11.8 Å². The molecule has 1 aromatic carbocycles. The standard InChI is InChI=1S/C17H25ClN2O2/c1-3-4-5-6-16(17(21)20-19)22-12-13(2)11-14-7-9-15(18)10-8-14/h4-5,7-10,13,16H,3,6,11-12,19H2,1-2H3,(H,20,21)/b5-4+. The summed E-state index contributed by atoms with van der Waals surface area (Å²) < 4.78 is 5.73. The molecule has 1 amide bonds. The third kappa shape index (κ3) is 7.07. The lowest BCUT2D eigenvalue weighted by Crippen LogP contribution is -2.41. The topological polar surface area (TPSA) is 64.3 Å². The summed E-state index contributed by atoms with van der Waals surface area (Å²) in [7, 11) is 0. The van der Waals surface area contributed by atoms with E-state index in [2.05, 4.69) is 12.3 Å². The number of allylic oxidation sites excluding steroid dienone is 1. The van der Waals surface area contributed by atoms with Crippen molar-refractivity contribution < 1.29 is 9.53 Å². The molecular weight excluding hydrogens is 300 g/mol. The van der Waals surface area contributed by atoms with E-state index >= 15 is 0 Å². The Balaban J connectivity index is 2.46. The third-order valence-electron chi connectivity index (χ3n) is 3.27. The number of halogens is 1. The molecule has 2 atom stereocenters. The van der Waals surface area contributed by atoms with Gasteiger partial charge in [0.05, 0.1) is 6.61 Å². The summed E-state index contributed by atoms with van der Waals surface area (Å²) in [6.45, 7) is 4.64. The van der Waals surface area contributed by atoms with Crippen LogP contribution in [0.2, 0.25) is 5.02 Å². The minimum Gasteiger partial charge on any atom is -0.368 e. The van der Waals surface area contributed by atoms with Crippen molar-refractivity contribution in [2.75, 3.05) is 6.61 Å². The summed E-state index contributed by atoms with van der Waals surface area (Å²) >= 11 is 5.87. The molecule has 0 fully saturated rings. The fraction of sp³-hybridized carbons (Fsp3) is 0.471. The summed E-state index contributed by atoms with van der Waals surface area (Å²) in [4.78, 5) is 11.7. The van der Waals surface area contributed by atoms with Crippen molar-refractivity contribution in [2.45, 2.75) is 39.2 Å². The zero-order valence-electron chi connectivity index (χ0n) is 13.2. The van der Waals surface area contributed by atoms with Crippen LogP contribution in [-0.4, -0.2) is 18.6 Å². The van der Waals surface area contributed by atoms with Gasteiger partial charge in [0.2, 0.25) is 0 Å². The first-order chi connectivity index (χ1) is 10.6. The van der Waals surface area contributed by atoms with Crippen LogP contribution in [0.1, 0.15) is 32.3 Å². The molecule has 0 saturated carbocycles. The predicted molar refractivity (Wildman–Crippen MR) is 90.4 cm³/mol. The number of hydrazine groups is 1. The van der Waals surface area contributed by atoms with Crippen LogP contribution in [-0.2, 0) is 16.0 Å². The van der Waals surface area contributed by atoms with Gasteiger partial charge in [0.1, 0.15) is 6.10 Å². The zero-order chi connectivity index (χ0) is 16.4. The van der Waals surface area contributed by atoms with E-state index in [1.54, 1.807) is 0 Å². The van der Waals surface area contributed by atoms with Gasteiger partial charge in [-0.15, -0.1) is 0 Å². The first kappa shape index (κ1) is 18.7. The Kier molecular flexibility index (Phi) is 8.82. The molecule has 0 bridgehead atoms. The largest absolute Gasteiger partial charge is 0.368 e. The Morgan fingerprint density at radius 3 is 2.64 bits per heavy atom. The Bertz CT molecular complexity index is 474. The molecule has 2 unspecified atom stereocenters. The summed E-state index contributed by atoms with van der Waals surface area (Å²) in [5.41, 5.74) is 3.36. The molecule has 0 heterocycles. The fourth-order valence-electron chi connectivity index (χ4n) is 2.09. The molecule has 0 aliphatic heterocycles. The molecule has 0 spiro atoms. The van der Waals surface area contributed by atoms with Crippen LogP contribution < -0.4 is 11.3 Å². The van der Waals surface area contributed by atoms with Crippen LogP contribution in [0.25, 0.3) is 0 Å². The highest BCUT2D eigenvalue weighted by molar-refractivity contribution is 6.30. The molecule has 122 valence electrons. The van der Waals surface area contributed by atoms with E-state index in [0.29, 0.717) is 18.9 Å². The molecular formula is C17H25ClN2O2. The van der Waals surface area contributed by atoms with E-state index in [0.717, 1.165) is 17.9 Å². The molecule has 0 aliphatic rings. The highest BCUT2D eigenvalue weighted by atomic mass is 35.5. The second kappa shape index (κ2) is 10.4. The monoisotopic (exact) mass is 324 g/mol. The SMILES string of the molecule is CC/C=C/CC(OCC(C)Cc1ccc(Cl)cc1)C(=O)NN. The molecule has 22 heavy (non-hydrogen) atoms. The van der Waals surface area contributed by atoms with Crippen LogP contribution in [0, 0.1) is 5.92 Å². The highest BCUT2D eigenvalue weighted by Crippen LogP contribution is 2.14. The molecule has 4 nitrogen and oxygen atoms in total. The van der Waals surface area contributed by atoms with Gasteiger partial charge in [0.15, 0.2) is 0 Å². The van der Waals surface area contributed by atoms with E-state index in [9.17, 15) is 4.79 Å². The van der Waals surface area contributed by atoms with Crippen molar-refractivity contribution in [1.29, 1.82) is 0 Å². The van der Waals surface area contributed by atoms with Crippen molar-refractivity contribution in [3.8, 4) is 0 Å². The number of nitrogens with two attached hydrogens (primary N) is 1. The van der Waals surface area contributed by atoms with Crippen molar-refractivity contribution in [3.63, 3.8) is 0 Å². The summed E-state index contributed by atoms with van der Waals surface area (Å²) in [5.74, 6) is 5.21. The van der Waals surface area contributed by atoms with Gasteiger partial charge < -0.3 is 4.74 Å². The fourth-order valence-corrected chi connectivity index (χ4v) is 2.22. The molecule has 0 aromatic heterocycles. The molecule has 3 N–H and O–H groups in total. The minimum atomic E-state index is -0.541. The number of hydrogen-bond acceptors (Lipinski definition) is 3. The van der Waals surface area contributed by atoms with Gasteiger partial charge in [-0.1, -0.05) is 49.7 Å². The van der Waals surface area contributed by atoms with Gasteiger partial charge in [-0.3, -0.25) is 10.2 Å². The minimum absolute atomic E-state index is 0.292. The summed E-state index contributed by atoms with van der Waals surface area (Å²) in [6.07, 6.45) is 5.76. The Hall–Kier alpha value is -1.36. The smallest absolute Gasteiger partial charge is 0.263 e. The molecule has 5 heteroatoms. The van der Waals surface area contributed by atoms with Crippen molar-refractivity contribution in [3.05, 3.63) is 47.0 Å². The lowest BCUT2D eigenvalue weighted by atomic mass is 10.0. The number of nitrogens with one attached hydrogen (secondary N) is 1. The maximum Gasteiger partial charge on any atom is 0.263 e. The van der Waals surface area contributed by atoms with Crippen molar-refractivity contribution >= 4 is 17.5 Å². The van der Waals surface area contributed by atoms with E-state index < -0.39 is 6.10 Å². The lowest BCUT2D eigenvalue weighted by Gasteiger charge is -2.18. The van der Waals surface area contributed by atoms with E-state index in [1.165, 1.54) is 5.56 Å². The van der Waals surface area contributed by atoms with Crippen LogP contribution in [0.5, 0.6) is 0 Å². The van der Waals surface area contributed by atoms with Crippen LogP contribution in [0.15, 0.2) is 36.4 Å². The maximum absolute atomic E-state index is 11.7. The number of carbonyl (C=O) groups is 1. The first-order valence-electron chi connectivity index (χ1n) is 7.58. The molecule has 0 radical (unpaired) electrons. The van der Waals surface area contributed by atoms with Gasteiger partial charge in [-0.2, -0.15) is 0 Å². The molecule has 1 aromatic rings. The quantitative estimate of drug-likeness (QED) is 0.317. The van der Waals surface area contributed by atoms with Gasteiger partial charge in [-0.05, 0) is 36.5 Å². The van der Waals surface area contributed by atoms with Crippen LogP contribution >= 0.6 is 11.6 Å². The zero-order valence-corrected chi connectivity index (χ0v) is 14.0. The first-order valence-corrected chi connectivity index (χ1v) is 7.96. The second-order valence-electron chi connectivity index (χ2n) is 5.38. The van der Waals surface area contributed by atoms with Crippen LogP contribution in [0.4, 0.5) is 0 Å². The van der Waals surface area contributed by atoms with Gasteiger partial charge >= 0.3 is 0 Å². The normalized spacial score (nSPS) is 14.0. The van der Waals surface area contributed by atoms with Crippen LogP contribution in [0.3, 0.4) is 0 Å². The number of amides is 1. The number of ether oxygens (including phenoxy) is 1. The van der Waals surface area contributed by atoms with Gasteiger partial charge in [0.25, 0.3) is 5.91 Å². The summed E-state index contributed by atoms with van der Waals surface area (Å²) in [5, 5.41) is 0.732. The second-order valence-corrected chi connectivity index (χ2v) is 5.82. The van der Waals surface area contributed by atoms with Gasteiger partial charge in [0, 0.05) is 11.4 Å². The summed E-state index contributed by atoms with van der Waals surface area (Å²) in [6, 6.07) is 7.77. The Morgan fingerprint density at radius 2 is 2.05 bits per heavy atom. The van der Waals surface area contributed by atoms with E-state index in [1.807, 2.05) is 43.3 Å². The Labute approximate surface area is 137 Å². The number of benzene rings is 1. The average molecular weight is 325 g/mol. The number of hydrogen-bond donors (Lipinski definition) is 2. The van der Waals surface area contributed by atoms with Crippen molar-refractivity contribution in [1.82, 2.24) is 5.43 Å². The molecule has 1 rings (SSSR count).